The van der Waals surface area contributed by atoms with E-state index in [1.807, 2.05) is 48.5 Å². The summed E-state index contributed by atoms with van der Waals surface area (Å²) in [6.45, 7) is 2.82. The second-order valence-electron chi connectivity index (χ2n) is 10.9. The standard InChI is InChI=1S/C34H32N8O4/c35-22-25-9-1-3-10-27(25)33-26(21-32(43)39-40-33)20-24-8-2-5-12-29(24)34(37-14-7-15-38-34)46-19-18-41-17-16-36-23-31(41)28-11-4-6-13-30(28)42(44)45/h1-15,21,31,36-37H,16-20,23H2,(H,39,43). The molecule has 1 fully saturated rings. The van der Waals surface area contributed by atoms with Gasteiger partial charge in [0, 0.05) is 73.8 Å². The molecule has 3 aromatic carbocycles. The van der Waals surface area contributed by atoms with E-state index < -0.39 is 5.85 Å². The number of hydrogen-bond donors (Lipinski definition) is 3. The van der Waals surface area contributed by atoms with Crippen LogP contribution in [-0.4, -0.2) is 59.0 Å². The molecule has 2 aliphatic heterocycles. The number of nitro benzene ring substituents is 1. The van der Waals surface area contributed by atoms with Crippen molar-refractivity contribution < 1.29 is 9.66 Å². The first-order chi connectivity index (χ1) is 22.5. The quantitative estimate of drug-likeness (QED) is 0.178. The van der Waals surface area contributed by atoms with E-state index in [9.17, 15) is 20.2 Å². The largest absolute Gasteiger partial charge is 0.341 e. The topological polar surface area (TPSA) is 162 Å². The Bertz CT molecular complexity index is 1900. The summed E-state index contributed by atoms with van der Waals surface area (Å²) in [5.74, 6) is -1.26. The monoisotopic (exact) mass is 616 g/mol. The van der Waals surface area contributed by atoms with Crippen LogP contribution < -0.4 is 16.2 Å². The maximum atomic E-state index is 12.4. The van der Waals surface area contributed by atoms with Crippen molar-refractivity contribution in [3.05, 3.63) is 139 Å². The lowest BCUT2D eigenvalue weighted by Crippen LogP contribution is -2.49. The van der Waals surface area contributed by atoms with Gasteiger partial charge in [-0.3, -0.25) is 19.8 Å². The molecule has 0 bridgehead atoms. The van der Waals surface area contributed by atoms with Crippen molar-refractivity contribution in [1.29, 1.82) is 5.26 Å². The van der Waals surface area contributed by atoms with Crippen molar-refractivity contribution in [2.75, 3.05) is 32.8 Å². The molecule has 2 atom stereocenters. The van der Waals surface area contributed by atoms with Gasteiger partial charge < -0.3 is 15.4 Å². The van der Waals surface area contributed by atoms with Crippen molar-refractivity contribution in [2.45, 2.75) is 18.3 Å². The van der Waals surface area contributed by atoms with Gasteiger partial charge in [-0.15, -0.1) is 0 Å². The van der Waals surface area contributed by atoms with Gasteiger partial charge in [-0.2, -0.15) is 10.4 Å². The average molecular weight is 617 g/mol. The molecule has 0 amide bonds. The van der Waals surface area contributed by atoms with E-state index in [4.69, 9.17) is 9.73 Å². The van der Waals surface area contributed by atoms with Gasteiger partial charge in [-0.1, -0.05) is 60.7 Å². The van der Waals surface area contributed by atoms with E-state index >= 15 is 0 Å². The molecule has 0 spiro atoms. The highest BCUT2D eigenvalue weighted by atomic mass is 16.6. The molecule has 6 rings (SSSR count). The van der Waals surface area contributed by atoms with Crippen LogP contribution in [0.25, 0.3) is 11.3 Å². The third kappa shape index (κ3) is 6.33. The number of para-hydroxylation sites is 1. The molecule has 3 N–H and O–H groups in total. The minimum Gasteiger partial charge on any atom is -0.341 e. The smallest absolute Gasteiger partial charge is 0.274 e. The predicted octanol–water partition coefficient (Wildman–Crippen LogP) is 3.77. The van der Waals surface area contributed by atoms with Gasteiger partial charge in [-0.25, -0.2) is 10.1 Å². The number of allylic oxidation sites excluding steroid dienone is 1. The molecule has 0 saturated carbocycles. The van der Waals surface area contributed by atoms with Crippen LogP contribution in [0.2, 0.25) is 0 Å². The molecule has 1 saturated heterocycles. The Hall–Kier alpha value is -5.48. The molecule has 0 radical (unpaired) electrons. The number of benzene rings is 3. The van der Waals surface area contributed by atoms with Gasteiger partial charge in [0.25, 0.3) is 17.1 Å². The van der Waals surface area contributed by atoms with Gasteiger partial charge in [0.05, 0.1) is 34.9 Å². The van der Waals surface area contributed by atoms with E-state index in [-0.39, 0.29) is 28.8 Å². The first-order valence-electron chi connectivity index (χ1n) is 15.0. The van der Waals surface area contributed by atoms with Crippen molar-refractivity contribution >= 4 is 11.9 Å². The number of H-pyrrole nitrogens is 1. The summed E-state index contributed by atoms with van der Waals surface area (Å²) in [6.07, 6.45) is 5.56. The Morgan fingerprint density at radius 3 is 2.72 bits per heavy atom. The number of ether oxygens (including phenoxy) is 1. The lowest BCUT2D eigenvalue weighted by Gasteiger charge is -2.38. The zero-order chi connectivity index (χ0) is 31.9. The van der Waals surface area contributed by atoms with E-state index in [0.717, 1.165) is 17.7 Å². The number of rotatable bonds is 10. The summed E-state index contributed by atoms with van der Waals surface area (Å²) in [5.41, 5.74) is 4.26. The van der Waals surface area contributed by atoms with Crippen LogP contribution in [0.15, 0.2) is 101 Å². The van der Waals surface area contributed by atoms with E-state index in [1.54, 1.807) is 36.7 Å². The van der Waals surface area contributed by atoms with Crippen molar-refractivity contribution in [3.8, 4) is 17.3 Å². The minimum atomic E-state index is -1.26. The summed E-state index contributed by atoms with van der Waals surface area (Å²) in [4.78, 5) is 30.9. The van der Waals surface area contributed by atoms with Crippen LogP contribution in [0.4, 0.5) is 5.69 Å². The Labute approximate surface area is 265 Å². The third-order valence-electron chi connectivity index (χ3n) is 8.21. The molecule has 2 aliphatic rings. The first-order valence-corrected chi connectivity index (χ1v) is 15.0. The number of nitrogens with one attached hydrogen (secondary N) is 3. The molecular weight excluding hydrogens is 584 g/mol. The second-order valence-corrected chi connectivity index (χ2v) is 10.9. The van der Waals surface area contributed by atoms with Gasteiger partial charge in [0.2, 0.25) is 0 Å². The zero-order valence-electron chi connectivity index (χ0n) is 24.9. The van der Waals surface area contributed by atoms with Crippen LogP contribution >= 0.6 is 0 Å². The lowest BCUT2D eigenvalue weighted by molar-refractivity contribution is -0.386. The number of aliphatic imine (C=N–C) groups is 1. The zero-order valence-corrected chi connectivity index (χ0v) is 24.9. The van der Waals surface area contributed by atoms with Gasteiger partial charge in [0.1, 0.15) is 0 Å². The van der Waals surface area contributed by atoms with E-state index in [2.05, 4.69) is 31.8 Å². The molecular formula is C34H32N8O4. The second kappa shape index (κ2) is 13.7. The van der Waals surface area contributed by atoms with Gasteiger partial charge in [-0.05, 0) is 23.3 Å². The molecule has 0 aliphatic carbocycles. The third-order valence-corrected chi connectivity index (χ3v) is 8.21. The molecule has 4 aromatic rings. The molecule has 2 unspecified atom stereocenters. The number of nitriles is 1. The molecule has 1 aromatic heterocycles. The fraction of sp³-hybridized carbons (Fsp3) is 0.235. The number of nitrogens with zero attached hydrogens (tertiary/aromatic N) is 5. The Balaban J connectivity index is 1.28. The number of aromatic amines is 1. The minimum absolute atomic E-state index is 0.0993. The van der Waals surface area contributed by atoms with E-state index in [1.165, 1.54) is 12.1 Å². The number of nitro groups is 1. The van der Waals surface area contributed by atoms with Gasteiger partial charge in [0.15, 0.2) is 0 Å². The van der Waals surface area contributed by atoms with Crippen LogP contribution in [-0.2, 0) is 17.0 Å². The van der Waals surface area contributed by atoms with Crippen molar-refractivity contribution in [2.24, 2.45) is 4.99 Å². The highest BCUT2D eigenvalue weighted by Gasteiger charge is 2.36. The van der Waals surface area contributed by atoms with Crippen LogP contribution in [0, 0.1) is 21.4 Å². The maximum absolute atomic E-state index is 12.4. The summed E-state index contributed by atoms with van der Waals surface area (Å²) in [5, 5.41) is 35.0. The number of aromatic nitrogens is 2. The fourth-order valence-corrected chi connectivity index (χ4v) is 6.07. The van der Waals surface area contributed by atoms with Crippen LogP contribution in [0.1, 0.15) is 33.9 Å². The van der Waals surface area contributed by atoms with Gasteiger partial charge >= 0.3 is 0 Å². The highest BCUT2D eigenvalue weighted by molar-refractivity contribution is 5.73. The van der Waals surface area contributed by atoms with Crippen LogP contribution in [0.3, 0.4) is 0 Å². The Kier molecular flexibility index (Phi) is 9.07. The molecule has 12 heteroatoms. The lowest BCUT2D eigenvalue weighted by atomic mass is 9.93. The van der Waals surface area contributed by atoms with Crippen molar-refractivity contribution in [3.63, 3.8) is 0 Å². The molecule has 3 heterocycles. The molecule has 46 heavy (non-hydrogen) atoms. The fourth-order valence-electron chi connectivity index (χ4n) is 6.07. The predicted molar refractivity (Wildman–Crippen MR) is 173 cm³/mol. The first kappa shape index (κ1) is 30.5. The summed E-state index contributed by atoms with van der Waals surface area (Å²) < 4.78 is 6.59. The summed E-state index contributed by atoms with van der Waals surface area (Å²) in [7, 11) is 0. The van der Waals surface area contributed by atoms with Crippen LogP contribution in [0.5, 0.6) is 0 Å². The van der Waals surface area contributed by atoms with E-state index in [0.29, 0.717) is 54.0 Å². The van der Waals surface area contributed by atoms with Crippen molar-refractivity contribution in [1.82, 2.24) is 25.7 Å². The number of hydrogen-bond acceptors (Lipinski definition) is 10. The number of piperazine rings is 1. The SMILES string of the molecule is N#Cc1ccccc1-c1n[nH]c(=O)cc1Cc1ccccc1C1(OCCN2CCNCC2c2ccccc2[N+](=O)[O-])N=CC=CN1. The Morgan fingerprint density at radius 1 is 1.09 bits per heavy atom. The highest BCUT2D eigenvalue weighted by Crippen LogP contribution is 2.34. The summed E-state index contributed by atoms with van der Waals surface area (Å²) >= 11 is 0. The maximum Gasteiger partial charge on any atom is 0.274 e. The summed E-state index contributed by atoms with van der Waals surface area (Å²) in [6, 6.07) is 25.2. The normalized spacial score (nSPS) is 19.3. The average Bonchev–Trinajstić information content (AvgIpc) is 3.09. The molecule has 12 nitrogen and oxygen atoms in total. The molecule has 232 valence electrons. The Morgan fingerprint density at radius 2 is 1.89 bits per heavy atom.